The average Bonchev–Trinajstić information content (AvgIpc) is 2.36. The number of halogens is 3. The molecule has 19 heavy (non-hydrogen) atoms. The minimum absolute atomic E-state index is 0.0675. The molecule has 98 valence electrons. The largest absolute Gasteiger partial charge is 0.399 e. The van der Waals surface area contributed by atoms with Crippen molar-refractivity contribution in [2.75, 3.05) is 11.1 Å². The standard InChI is InChI=1S/C13H9BrClFN2O/c14-7-1-4-11(16)12(5-7)18-13(19)9-6-8(17)2-3-10(9)15/h1-6H,17H2,(H,18,19). The number of amides is 1. The van der Waals surface area contributed by atoms with Crippen LogP contribution in [0.15, 0.2) is 40.9 Å². The molecule has 0 saturated carbocycles. The first-order valence-corrected chi connectivity index (χ1v) is 6.46. The quantitative estimate of drug-likeness (QED) is 0.807. The molecular weight excluding hydrogens is 335 g/mol. The lowest BCUT2D eigenvalue weighted by Gasteiger charge is -2.08. The zero-order valence-electron chi connectivity index (χ0n) is 9.58. The number of carbonyl (C=O) groups excluding carboxylic acids is 1. The molecule has 0 atom stereocenters. The highest BCUT2D eigenvalue weighted by atomic mass is 79.9. The molecule has 0 bridgehead atoms. The summed E-state index contributed by atoms with van der Waals surface area (Å²) < 4.78 is 14.2. The maximum Gasteiger partial charge on any atom is 0.257 e. The Morgan fingerprint density at radius 2 is 2.00 bits per heavy atom. The van der Waals surface area contributed by atoms with Gasteiger partial charge in [0.1, 0.15) is 5.82 Å². The summed E-state index contributed by atoms with van der Waals surface area (Å²) in [5, 5.41) is 2.70. The molecule has 0 heterocycles. The van der Waals surface area contributed by atoms with E-state index in [2.05, 4.69) is 21.2 Å². The number of nitrogens with two attached hydrogens (primary N) is 1. The van der Waals surface area contributed by atoms with Crippen LogP contribution in [0.5, 0.6) is 0 Å². The van der Waals surface area contributed by atoms with Gasteiger partial charge in [-0.1, -0.05) is 27.5 Å². The van der Waals surface area contributed by atoms with Gasteiger partial charge in [0.25, 0.3) is 5.91 Å². The van der Waals surface area contributed by atoms with E-state index in [0.29, 0.717) is 10.2 Å². The second-order valence-electron chi connectivity index (χ2n) is 3.82. The first kappa shape index (κ1) is 13.8. The Hall–Kier alpha value is -1.59. The minimum atomic E-state index is -0.531. The van der Waals surface area contributed by atoms with E-state index >= 15 is 0 Å². The van der Waals surface area contributed by atoms with Crippen molar-refractivity contribution in [3.05, 3.63) is 57.3 Å². The molecule has 0 fully saturated rings. The van der Waals surface area contributed by atoms with Gasteiger partial charge >= 0.3 is 0 Å². The predicted molar refractivity (Wildman–Crippen MR) is 77.9 cm³/mol. The summed E-state index contributed by atoms with van der Waals surface area (Å²) in [7, 11) is 0. The van der Waals surface area contributed by atoms with Gasteiger partial charge in [-0.15, -0.1) is 0 Å². The SMILES string of the molecule is Nc1ccc(Cl)c(C(=O)Nc2cc(Br)ccc2F)c1. The van der Waals surface area contributed by atoms with Crippen molar-refractivity contribution in [2.45, 2.75) is 0 Å². The third-order valence-corrected chi connectivity index (χ3v) is 3.23. The van der Waals surface area contributed by atoms with E-state index in [1.807, 2.05) is 0 Å². The van der Waals surface area contributed by atoms with E-state index in [9.17, 15) is 9.18 Å². The fraction of sp³-hybridized carbons (Fsp3) is 0. The fourth-order valence-corrected chi connectivity index (χ4v) is 2.06. The summed E-state index contributed by atoms with van der Waals surface area (Å²) in [5.41, 5.74) is 6.26. The van der Waals surface area contributed by atoms with Gasteiger partial charge in [-0.2, -0.15) is 0 Å². The Labute approximate surface area is 122 Å². The highest BCUT2D eigenvalue weighted by molar-refractivity contribution is 9.10. The van der Waals surface area contributed by atoms with Crippen molar-refractivity contribution < 1.29 is 9.18 Å². The molecule has 1 amide bonds. The van der Waals surface area contributed by atoms with Crippen LogP contribution in [0.4, 0.5) is 15.8 Å². The Morgan fingerprint density at radius 1 is 1.26 bits per heavy atom. The molecule has 2 aromatic rings. The third-order valence-electron chi connectivity index (χ3n) is 2.41. The number of nitrogens with one attached hydrogen (secondary N) is 1. The monoisotopic (exact) mass is 342 g/mol. The molecule has 3 nitrogen and oxygen atoms in total. The number of nitrogen functional groups attached to an aromatic ring is 1. The van der Waals surface area contributed by atoms with Gasteiger partial charge in [0.05, 0.1) is 16.3 Å². The minimum Gasteiger partial charge on any atom is -0.399 e. The molecule has 0 aromatic heterocycles. The number of hydrogen-bond donors (Lipinski definition) is 2. The molecule has 0 spiro atoms. The Bertz CT molecular complexity index is 649. The molecule has 0 unspecified atom stereocenters. The summed E-state index contributed by atoms with van der Waals surface area (Å²) in [6, 6.07) is 8.79. The number of anilines is 2. The Morgan fingerprint density at radius 3 is 2.74 bits per heavy atom. The first-order chi connectivity index (χ1) is 8.97. The summed E-state index contributed by atoms with van der Waals surface area (Å²) in [5.74, 6) is -1.05. The third kappa shape index (κ3) is 3.24. The van der Waals surface area contributed by atoms with Crippen LogP contribution < -0.4 is 11.1 Å². The molecule has 6 heteroatoms. The Balaban J connectivity index is 2.30. The van der Waals surface area contributed by atoms with Crippen LogP contribution in [0, 0.1) is 5.82 Å². The lowest BCUT2D eigenvalue weighted by molar-refractivity contribution is 0.102. The normalized spacial score (nSPS) is 10.3. The van der Waals surface area contributed by atoms with Crippen LogP contribution in [-0.4, -0.2) is 5.91 Å². The van der Waals surface area contributed by atoms with Crippen molar-refractivity contribution in [2.24, 2.45) is 0 Å². The van der Waals surface area contributed by atoms with Gasteiger partial charge < -0.3 is 11.1 Å². The summed E-state index contributed by atoms with van der Waals surface area (Å²) in [6.45, 7) is 0. The van der Waals surface area contributed by atoms with Crippen molar-refractivity contribution in [3.8, 4) is 0 Å². The van der Waals surface area contributed by atoms with Crippen LogP contribution in [0.1, 0.15) is 10.4 Å². The van der Waals surface area contributed by atoms with Gasteiger partial charge in [0.2, 0.25) is 0 Å². The van der Waals surface area contributed by atoms with E-state index in [1.54, 1.807) is 12.1 Å². The van der Waals surface area contributed by atoms with Gasteiger partial charge in [0.15, 0.2) is 0 Å². The van der Waals surface area contributed by atoms with Crippen molar-refractivity contribution in [1.29, 1.82) is 0 Å². The van der Waals surface area contributed by atoms with Crippen LogP contribution in [-0.2, 0) is 0 Å². The van der Waals surface area contributed by atoms with Crippen molar-refractivity contribution in [3.63, 3.8) is 0 Å². The summed E-state index contributed by atoms with van der Waals surface area (Å²) in [6.07, 6.45) is 0. The van der Waals surface area contributed by atoms with Gasteiger partial charge in [-0.25, -0.2) is 4.39 Å². The van der Waals surface area contributed by atoms with Crippen LogP contribution in [0.25, 0.3) is 0 Å². The Kier molecular flexibility index (Phi) is 4.07. The second kappa shape index (κ2) is 5.59. The van der Waals surface area contributed by atoms with Crippen molar-refractivity contribution >= 4 is 44.8 Å². The maximum absolute atomic E-state index is 13.5. The lowest BCUT2D eigenvalue weighted by Crippen LogP contribution is -2.14. The van der Waals surface area contributed by atoms with E-state index < -0.39 is 11.7 Å². The lowest BCUT2D eigenvalue weighted by atomic mass is 10.2. The number of carbonyl (C=O) groups is 1. The number of rotatable bonds is 2. The maximum atomic E-state index is 13.5. The smallest absolute Gasteiger partial charge is 0.257 e. The first-order valence-electron chi connectivity index (χ1n) is 5.29. The summed E-state index contributed by atoms with van der Waals surface area (Å²) in [4.78, 5) is 12.0. The van der Waals surface area contributed by atoms with Crippen LogP contribution >= 0.6 is 27.5 Å². The van der Waals surface area contributed by atoms with Crippen molar-refractivity contribution in [1.82, 2.24) is 0 Å². The zero-order valence-corrected chi connectivity index (χ0v) is 11.9. The van der Waals surface area contributed by atoms with Crippen LogP contribution in [0.3, 0.4) is 0 Å². The van der Waals surface area contributed by atoms with E-state index in [-0.39, 0.29) is 16.3 Å². The topological polar surface area (TPSA) is 55.1 Å². The zero-order chi connectivity index (χ0) is 14.0. The summed E-state index contributed by atoms with van der Waals surface area (Å²) >= 11 is 9.11. The number of hydrogen-bond acceptors (Lipinski definition) is 2. The second-order valence-corrected chi connectivity index (χ2v) is 5.14. The van der Waals surface area contributed by atoms with Gasteiger partial charge in [0, 0.05) is 10.2 Å². The van der Waals surface area contributed by atoms with E-state index in [0.717, 1.165) is 0 Å². The molecular formula is C13H9BrClFN2O. The fourth-order valence-electron chi connectivity index (χ4n) is 1.50. The molecule has 0 aliphatic carbocycles. The molecule has 3 N–H and O–H groups in total. The van der Waals surface area contributed by atoms with Gasteiger partial charge in [-0.05, 0) is 36.4 Å². The number of benzene rings is 2. The highest BCUT2D eigenvalue weighted by Gasteiger charge is 2.13. The molecule has 2 rings (SSSR count). The van der Waals surface area contributed by atoms with E-state index in [1.165, 1.54) is 24.3 Å². The molecule has 2 aromatic carbocycles. The average molecular weight is 344 g/mol. The molecule has 0 saturated heterocycles. The molecule has 0 aliphatic rings. The highest BCUT2D eigenvalue weighted by Crippen LogP contribution is 2.23. The van der Waals surface area contributed by atoms with Gasteiger partial charge in [-0.3, -0.25) is 4.79 Å². The molecule has 0 radical (unpaired) electrons. The predicted octanol–water partition coefficient (Wildman–Crippen LogP) is 4.08. The van der Waals surface area contributed by atoms with E-state index in [4.69, 9.17) is 17.3 Å². The molecule has 0 aliphatic heterocycles. The van der Waals surface area contributed by atoms with Crippen LogP contribution in [0.2, 0.25) is 5.02 Å².